The molecule has 1 aliphatic rings. The monoisotopic (exact) mass is 304 g/mol. The molecule has 0 amide bonds. The standard InChI is InChI=1S/C15H17BrN2/c1-11-17-14-8-4-5-9-15(14)18(11)10-12-6-2-3-7-13(12)16/h2-3,6-7H,4-5,8-10H2,1H3. The zero-order chi connectivity index (χ0) is 12.5. The number of aryl methyl sites for hydroxylation is 2. The van der Waals surface area contributed by atoms with Crippen molar-refractivity contribution in [2.75, 3.05) is 0 Å². The Kier molecular flexibility index (Phi) is 3.25. The van der Waals surface area contributed by atoms with Crippen molar-refractivity contribution < 1.29 is 0 Å². The van der Waals surface area contributed by atoms with Gasteiger partial charge in [-0.15, -0.1) is 0 Å². The molecule has 94 valence electrons. The minimum absolute atomic E-state index is 0.926. The van der Waals surface area contributed by atoms with Crippen molar-refractivity contribution >= 4 is 15.9 Å². The highest BCUT2D eigenvalue weighted by Gasteiger charge is 2.18. The highest BCUT2D eigenvalue weighted by molar-refractivity contribution is 9.10. The first-order valence-corrected chi connectivity index (χ1v) is 7.33. The summed E-state index contributed by atoms with van der Waals surface area (Å²) in [5, 5.41) is 0. The second kappa shape index (κ2) is 4.88. The molecule has 0 radical (unpaired) electrons. The van der Waals surface area contributed by atoms with E-state index in [9.17, 15) is 0 Å². The lowest BCUT2D eigenvalue weighted by Gasteiger charge is -2.15. The molecule has 3 heteroatoms. The lowest BCUT2D eigenvalue weighted by atomic mass is 10.0. The van der Waals surface area contributed by atoms with E-state index < -0.39 is 0 Å². The molecule has 2 aromatic rings. The Morgan fingerprint density at radius 1 is 1.22 bits per heavy atom. The van der Waals surface area contributed by atoms with Gasteiger partial charge < -0.3 is 4.57 Å². The lowest BCUT2D eigenvalue weighted by molar-refractivity contribution is 0.624. The minimum atomic E-state index is 0.926. The molecule has 18 heavy (non-hydrogen) atoms. The fourth-order valence-electron chi connectivity index (χ4n) is 2.74. The van der Waals surface area contributed by atoms with E-state index in [2.05, 4.69) is 51.7 Å². The van der Waals surface area contributed by atoms with Crippen LogP contribution < -0.4 is 0 Å². The van der Waals surface area contributed by atoms with Crippen LogP contribution >= 0.6 is 15.9 Å². The Labute approximate surface area is 116 Å². The molecule has 1 heterocycles. The second-order valence-electron chi connectivity index (χ2n) is 4.94. The van der Waals surface area contributed by atoms with Crippen LogP contribution in [0.15, 0.2) is 28.7 Å². The van der Waals surface area contributed by atoms with Gasteiger partial charge in [0.25, 0.3) is 0 Å². The number of aromatic nitrogens is 2. The van der Waals surface area contributed by atoms with E-state index in [-0.39, 0.29) is 0 Å². The first-order chi connectivity index (χ1) is 8.75. The van der Waals surface area contributed by atoms with Crippen molar-refractivity contribution in [1.29, 1.82) is 0 Å². The van der Waals surface area contributed by atoms with Gasteiger partial charge in [-0.3, -0.25) is 0 Å². The van der Waals surface area contributed by atoms with Gasteiger partial charge in [-0.1, -0.05) is 34.1 Å². The lowest BCUT2D eigenvalue weighted by Crippen LogP contribution is -2.10. The number of fused-ring (bicyclic) bond motifs is 1. The Morgan fingerprint density at radius 3 is 2.83 bits per heavy atom. The molecule has 0 spiro atoms. The third-order valence-electron chi connectivity index (χ3n) is 3.71. The number of hydrogen-bond donors (Lipinski definition) is 0. The van der Waals surface area contributed by atoms with Crippen LogP contribution in [0.25, 0.3) is 0 Å². The van der Waals surface area contributed by atoms with Crippen molar-refractivity contribution in [3.05, 3.63) is 51.5 Å². The molecular weight excluding hydrogens is 288 g/mol. The van der Waals surface area contributed by atoms with E-state index in [1.165, 1.54) is 40.7 Å². The number of nitrogens with zero attached hydrogens (tertiary/aromatic N) is 2. The molecule has 0 saturated carbocycles. The normalized spacial score (nSPS) is 14.6. The maximum Gasteiger partial charge on any atom is 0.106 e. The average molecular weight is 305 g/mol. The number of benzene rings is 1. The van der Waals surface area contributed by atoms with Gasteiger partial charge in [-0.05, 0) is 44.2 Å². The minimum Gasteiger partial charge on any atom is -0.328 e. The van der Waals surface area contributed by atoms with Gasteiger partial charge in [-0.2, -0.15) is 0 Å². The molecule has 2 nitrogen and oxygen atoms in total. The third kappa shape index (κ3) is 2.12. The molecule has 1 aliphatic carbocycles. The Morgan fingerprint density at radius 2 is 2.00 bits per heavy atom. The molecule has 1 aromatic heterocycles. The second-order valence-corrected chi connectivity index (χ2v) is 5.79. The van der Waals surface area contributed by atoms with Gasteiger partial charge in [0.1, 0.15) is 5.82 Å². The average Bonchev–Trinajstić information content (AvgIpc) is 2.69. The molecule has 0 unspecified atom stereocenters. The SMILES string of the molecule is Cc1nc2c(n1Cc1ccccc1Br)CCCC2. The number of halogens is 1. The highest BCUT2D eigenvalue weighted by Crippen LogP contribution is 2.24. The molecule has 3 rings (SSSR count). The molecule has 0 saturated heterocycles. The molecule has 0 aliphatic heterocycles. The molecule has 0 atom stereocenters. The number of rotatable bonds is 2. The number of imidazole rings is 1. The van der Waals surface area contributed by atoms with Crippen LogP contribution in [0.1, 0.15) is 35.6 Å². The quantitative estimate of drug-likeness (QED) is 0.823. The summed E-state index contributed by atoms with van der Waals surface area (Å²) in [6.45, 7) is 3.05. The van der Waals surface area contributed by atoms with Crippen LogP contribution in [0.4, 0.5) is 0 Å². The van der Waals surface area contributed by atoms with Crippen LogP contribution in [-0.4, -0.2) is 9.55 Å². The van der Waals surface area contributed by atoms with E-state index in [0.29, 0.717) is 0 Å². The van der Waals surface area contributed by atoms with Crippen LogP contribution in [0, 0.1) is 6.92 Å². The Bertz CT molecular complexity index is 572. The topological polar surface area (TPSA) is 17.8 Å². The third-order valence-corrected chi connectivity index (χ3v) is 4.48. The van der Waals surface area contributed by atoms with Crippen molar-refractivity contribution in [2.24, 2.45) is 0 Å². The molecule has 0 fully saturated rings. The van der Waals surface area contributed by atoms with Crippen LogP contribution in [0.5, 0.6) is 0 Å². The van der Waals surface area contributed by atoms with Crippen molar-refractivity contribution in [2.45, 2.75) is 39.2 Å². The zero-order valence-corrected chi connectivity index (χ0v) is 12.2. The summed E-state index contributed by atoms with van der Waals surface area (Å²) < 4.78 is 3.57. The Hall–Kier alpha value is -1.09. The first kappa shape index (κ1) is 12.0. The summed E-state index contributed by atoms with van der Waals surface area (Å²) in [6, 6.07) is 8.44. The van der Waals surface area contributed by atoms with E-state index >= 15 is 0 Å². The fourth-order valence-corrected chi connectivity index (χ4v) is 3.15. The van der Waals surface area contributed by atoms with Crippen molar-refractivity contribution in [1.82, 2.24) is 9.55 Å². The van der Waals surface area contributed by atoms with Gasteiger partial charge in [0.15, 0.2) is 0 Å². The van der Waals surface area contributed by atoms with Gasteiger partial charge >= 0.3 is 0 Å². The maximum absolute atomic E-state index is 4.72. The summed E-state index contributed by atoms with van der Waals surface area (Å²) in [5.41, 5.74) is 4.10. The van der Waals surface area contributed by atoms with Gasteiger partial charge in [0.05, 0.1) is 12.2 Å². The number of hydrogen-bond acceptors (Lipinski definition) is 1. The van der Waals surface area contributed by atoms with E-state index in [1.54, 1.807) is 0 Å². The van der Waals surface area contributed by atoms with E-state index in [4.69, 9.17) is 4.98 Å². The van der Waals surface area contributed by atoms with E-state index in [1.807, 2.05) is 0 Å². The van der Waals surface area contributed by atoms with Gasteiger partial charge in [0.2, 0.25) is 0 Å². The maximum atomic E-state index is 4.72. The highest BCUT2D eigenvalue weighted by atomic mass is 79.9. The van der Waals surface area contributed by atoms with Crippen LogP contribution in [-0.2, 0) is 19.4 Å². The predicted octanol–water partition coefficient (Wildman–Crippen LogP) is 3.88. The summed E-state index contributed by atoms with van der Waals surface area (Å²) in [4.78, 5) is 4.72. The van der Waals surface area contributed by atoms with Gasteiger partial charge in [0, 0.05) is 10.2 Å². The van der Waals surface area contributed by atoms with E-state index in [0.717, 1.165) is 18.8 Å². The smallest absolute Gasteiger partial charge is 0.106 e. The zero-order valence-electron chi connectivity index (χ0n) is 10.6. The molecule has 0 bridgehead atoms. The van der Waals surface area contributed by atoms with Crippen LogP contribution in [0.2, 0.25) is 0 Å². The summed E-state index contributed by atoms with van der Waals surface area (Å²) in [5.74, 6) is 1.15. The van der Waals surface area contributed by atoms with Crippen molar-refractivity contribution in [3.8, 4) is 0 Å². The summed E-state index contributed by atoms with van der Waals surface area (Å²) >= 11 is 3.63. The van der Waals surface area contributed by atoms with Crippen LogP contribution in [0.3, 0.4) is 0 Å². The first-order valence-electron chi connectivity index (χ1n) is 6.54. The van der Waals surface area contributed by atoms with Gasteiger partial charge in [-0.25, -0.2) is 4.98 Å². The molecular formula is C15H17BrN2. The Balaban J connectivity index is 1.98. The van der Waals surface area contributed by atoms with Crippen molar-refractivity contribution in [3.63, 3.8) is 0 Å². The fraction of sp³-hybridized carbons (Fsp3) is 0.400. The largest absolute Gasteiger partial charge is 0.328 e. The molecule has 0 N–H and O–H groups in total. The predicted molar refractivity (Wildman–Crippen MR) is 76.9 cm³/mol. The summed E-state index contributed by atoms with van der Waals surface area (Å²) in [7, 11) is 0. The summed E-state index contributed by atoms with van der Waals surface area (Å²) in [6.07, 6.45) is 4.92. The molecule has 1 aromatic carbocycles.